The molecule has 1 aromatic carbocycles. The van der Waals surface area contributed by atoms with Gasteiger partial charge in [-0.2, -0.15) is 0 Å². The summed E-state index contributed by atoms with van der Waals surface area (Å²) >= 11 is 0. The van der Waals surface area contributed by atoms with Crippen LogP contribution < -0.4 is 10.1 Å². The summed E-state index contributed by atoms with van der Waals surface area (Å²) in [4.78, 5) is 13.7. The Morgan fingerprint density at radius 2 is 2.10 bits per heavy atom. The van der Waals surface area contributed by atoms with Crippen molar-refractivity contribution in [3.8, 4) is 5.75 Å². The van der Waals surface area contributed by atoms with E-state index in [0.717, 1.165) is 18.7 Å². The van der Waals surface area contributed by atoms with Gasteiger partial charge in [0.25, 0.3) is 0 Å². The summed E-state index contributed by atoms with van der Waals surface area (Å²) in [6.07, 6.45) is 0.878. The zero-order chi connectivity index (χ0) is 15.2. The lowest BCUT2D eigenvalue weighted by Crippen LogP contribution is -2.40. The van der Waals surface area contributed by atoms with Gasteiger partial charge in [-0.3, -0.25) is 0 Å². The van der Waals surface area contributed by atoms with Gasteiger partial charge >= 0.3 is 6.03 Å². The van der Waals surface area contributed by atoms with Crippen LogP contribution >= 0.6 is 0 Å². The minimum atomic E-state index is -0.0741. The number of aliphatic hydroxyl groups is 1. The number of nitrogens with zero attached hydrogens (tertiary/aromatic N) is 1. The Hall–Kier alpha value is -1.75. The molecule has 0 aliphatic carbocycles. The zero-order valence-electron chi connectivity index (χ0n) is 12.8. The number of hydrogen-bond acceptors (Lipinski definition) is 3. The number of likely N-dealkylation sites (tertiary alicyclic amines) is 1. The zero-order valence-corrected chi connectivity index (χ0v) is 12.8. The molecule has 2 N–H and O–H groups in total. The van der Waals surface area contributed by atoms with Crippen LogP contribution in [-0.4, -0.2) is 48.9 Å². The van der Waals surface area contributed by atoms with Crippen LogP contribution in [0.3, 0.4) is 0 Å². The number of carbonyl (C=O) groups excluding carboxylic acids is 1. The molecule has 0 bridgehead atoms. The highest BCUT2D eigenvalue weighted by atomic mass is 16.5. The number of rotatable bonds is 5. The van der Waals surface area contributed by atoms with E-state index in [9.17, 15) is 4.79 Å². The Kier molecular flexibility index (Phi) is 5.44. The smallest absolute Gasteiger partial charge is 0.317 e. The molecule has 116 valence electrons. The second-order valence-corrected chi connectivity index (χ2v) is 5.69. The molecule has 1 unspecified atom stereocenters. The average Bonchev–Trinajstić information content (AvgIpc) is 2.91. The predicted octanol–water partition coefficient (Wildman–Crippen LogP) is 1.71. The van der Waals surface area contributed by atoms with Gasteiger partial charge in [-0.25, -0.2) is 4.79 Å². The van der Waals surface area contributed by atoms with Crippen LogP contribution in [0.1, 0.15) is 17.5 Å². The SMILES string of the molecule is Cc1cc(C)cc(OCCNC(=O)N2CCC(CO)C2)c1. The molecule has 5 heteroatoms. The van der Waals surface area contributed by atoms with Gasteiger partial charge < -0.3 is 20.1 Å². The lowest BCUT2D eigenvalue weighted by Gasteiger charge is -2.17. The molecule has 5 nitrogen and oxygen atoms in total. The second-order valence-electron chi connectivity index (χ2n) is 5.69. The number of amides is 2. The molecule has 0 saturated carbocycles. The molecule has 0 spiro atoms. The Balaban J connectivity index is 1.68. The first-order valence-electron chi connectivity index (χ1n) is 7.43. The number of aliphatic hydroxyl groups excluding tert-OH is 1. The highest BCUT2D eigenvalue weighted by Gasteiger charge is 2.25. The van der Waals surface area contributed by atoms with Crippen LogP contribution in [0, 0.1) is 19.8 Å². The fourth-order valence-electron chi connectivity index (χ4n) is 2.62. The Labute approximate surface area is 125 Å². The van der Waals surface area contributed by atoms with Gasteiger partial charge in [0, 0.05) is 25.6 Å². The quantitative estimate of drug-likeness (QED) is 0.812. The monoisotopic (exact) mass is 292 g/mol. The van der Waals surface area contributed by atoms with Crippen molar-refractivity contribution >= 4 is 6.03 Å². The molecular formula is C16H24N2O3. The van der Waals surface area contributed by atoms with E-state index in [1.807, 2.05) is 26.0 Å². The third-order valence-electron chi connectivity index (χ3n) is 3.67. The molecule has 2 rings (SSSR count). The summed E-state index contributed by atoms with van der Waals surface area (Å²) in [5.41, 5.74) is 2.34. The van der Waals surface area contributed by atoms with E-state index in [0.29, 0.717) is 19.7 Å². The number of carbonyl (C=O) groups is 1. The van der Waals surface area contributed by atoms with E-state index in [1.165, 1.54) is 11.1 Å². The normalized spacial score (nSPS) is 17.9. The van der Waals surface area contributed by atoms with Crippen molar-refractivity contribution in [2.45, 2.75) is 20.3 Å². The van der Waals surface area contributed by atoms with Gasteiger partial charge in [0.2, 0.25) is 0 Å². The average molecular weight is 292 g/mol. The summed E-state index contributed by atoms with van der Waals surface area (Å²) < 4.78 is 5.65. The van der Waals surface area contributed by atoms with E-state index in [1.54, 1.807) is 4.90 Å². The van der Waals surface area contributed by atoms with Crippen LogP contribution in [0.15, 0.2) is 18.2 Å². The number of ether oxygens (including phenoxy) is 1. The lowest BCUT2D eigenvalue weighted by molar-refractivity contribution is 0.195. The molecule has 21 heavy (non-hydrogen) atoms. The van der Waals surface area contributed by atoms with E-state index in [4.69, 9.17) is 9.84 Å². The maximum Gasteiger partial charge on any atom is 0.317 e. The third kappa shape index (κ3) is 4.63. The number of urea groups is 1. The first-order chi connectivity index (χ1) is 10.1. The standard InChI is InChI=1S/C16H24N2O3/c1-12-7-13(2)9-15(8-12)21-6-4-17-16(20)18-5-3-14(10-18)11-19/h7-9,14,19H,3-6,10-11H2,1-2H3,(H,17,20). The highest BCUT2D eigenvalue weighted by Crippen LogP contribution is 2.16. The molecule has 1 heterocycles. The van der Waals surface area contributed by atoms with Gasteiger partial charge in [0.05, 0.1) is 6.54 Å². The maximum absolute atomic E-state index is 11.9. The molecule has 1 aliphatic rings. The van der Waals surface area contributed by atoms with Crippen LogP contribution in [0.4, 0.5) is 4.79 Å². The fourth-order valence-corrected chi connectivity index (χ4v) is 2.62. The molecule has 1 fully saturated rings. The van der Waals surface area contributed by atoms with Crippen molar-refractivity contribution < 1.29 is 14.6 Å². The molecule has 1 aliphatic heterocycles. The largest absolute Gasteiger partial charge is 0.492 e. The van der Waals surface area contributed by atoms with Crippen LogP contribution in [-0.2, 0) is 0 Å². The van der Waals surface area contributed by atoms with E-state index in [-0.39, 0.29) is 18.6 Å². The Morgan fingerprint density at radius 1 is 1.38 bits per heavy atom. The van der Waals surface area contributed by atoms with Crippen LogP contribution in [0.2, 0.25) is 0 Å². The van der Waals surface area contributed by atoms with Gasteiger partial charge in [-0.15, -0.1) is 0 Å². The Morgan fingerprint density at radius 3 is 2.71 bits per heavy atom. The molecule has 2 amide bonds. The number of nitrogens with one attached hydrogen (secondary N) is 1. The summed E-state index contributed by atoms with van der Waals surface area (Å²) in [7, 11) is 0. The summed E-state index contributed by atoms with van der Waals surface area (Å²) in [5.74, 6) is 1.06. The lowest BCUT2D eigenvalue weighted by atomic mass is 10.1. The molecular weight excluding hydrogens is 268 g/mol. The second kappa shape index (κ2) is 7.31. The highest BCUT2D eigenvalue weighted by molar-refractivity contribution is 5.74. The van der Waals surface area contributed by atoms with Gasteiger partial charge in [0.1, 0.15) is 12.4 Å². The summed E-state index contributed by atoms with van der Waals surface area (Å²) in [6, 6.07) is 6.00. The molecule has 0 radical (unpaired) electrons. The number of hydrogen-bond donors (Lipinski definition) is 2. The molecule has 1 atom stereocenters. The van der Waals surface area contributed by atoms with Crippen molar-refractivity contribution in [3.63, 3.8) is 0 Å². The third-order valence-corrected chi connectivity index (χ3v) is 3.67. The first-order valence-corrected chi connectivity index (χ1v) is 7.43. The van der Waals surface area contributed by atoms with Crippen molar-refractivity contribution in [3.05, 3.63) is 29.3 Å². The van der Waals surface area contributed by atoms with E-state index in [2.05, 4.69) is 11.4 Å². The van der Waals surface area contributed by atoms with Crippen molar-refractivity contribution in [2.24, 2.45) is 5.92 Å². The molecule has 1 saturated heterocycles. The Bertz CT molecular complexity index is 470. The minimum absolute atomic E-state index is 0.0741. The predicted molar refractivity (Wildman–Crippen MR) is 81.6 cm³/mol. The van der Waals surface area contributed by atoms with Gasteiger partial charge in [0.15, 0.2) is 0 Å². The topological polar surface area (TPSA) is 61.8 Å². The van der Waals surface area contributed by atoms with Crippen molar-refractivity contribution in [1.29, 1.82) is 0 Å². The van der Waals surface area contributed by atoms with Crippen molar-refractivity contribution in [2.75, 3.05) is 32.8 Å². The summed E-state index contributed by atoms with van der Waals surface area (Å²) in [6.45, 7) is 6.51. The summed E-state index contributed by atoms with van der Waals surface area (Å²) in [5, 5.41) is 11.9. The van der Waals surface area contributed by atoms with E-state index >= 15 is 0 Å². The van der Waals surface area contributed by atoms with Crippen LogP contribution in [0.25, 0.3) is 0 Å². The molecule has 0 aromatic heterocycles. The van der Waals surface area contributed by atoms with Gasteiger partial charge in [-0.05, 0) is 43.5 Å². The van der Waals surface area contributed by atoms with Crippen LogP contribution in [0.5, 0.6) is 5.75 Å². The first kappa shape index (κ1) is 15.6. The number of benzene rings is 1. The maximum atomic E-state index is 11.9. The van der Waals surface area contributed by atoms with E-state index < -0.39 is 0 Å². The number of aryl methyl sites for hydroxylation is 2. The van der Waals surface area contributed by atoms with Gasteiger partial charge in [-0.1, -0.05) is 6.07 Å². The fraction of sp³-hybridized carbons (Fsp3) is 0.562. The van der Waals surface area contributed by atoms with Crippen molar-refractivity contribution in [1.82, 2.24) is 10.2 Å². The molecule has 1 aromatic rings. The minimum Gasteiger partial charge on any atom is -0.492 e.